The molecule has 0 spiro atoms. The highest BCUT2D eigenvalue weighted by Gasteiger charge is 2.34. The molecule has 0 aromatic heterocycles. The van der Waals surface area contributed by atoms with E-state index in [1.54, 1.807) is 32.2 Å². The van der Waals surface area contributed by atoms with E-state index in [0.717, 1.165) is 53.8 Å². The molecule has 1 aliphatic carbocycles. The monoisotopic (exact) mass is 625 g/mol. The summed E-state index contributed by atoms with van der Waals surface area (Å²) in [6.45, 7) is 1.35. The van der Waals surface area contributed by atoms with E-state index in [1.807, 2.05) is 48.5 Å². The number of sulfonamides is 1. The van der Waals surface area contributed by atoms with Crippen molar-refractivity contribution in [3.8, 4) is 5.75 Å². The van der Waals surface area contributed by atoms with Crippen LogP contribution in [0.1, 0.15) is 48.8 Å². The van der Waals surface area contributed by atoms with Crippen LogP contribution in [-0.4, -0.2) is 57.1 Å². The second-order valence-electron chi connectivity index (χ2n) is 11.1. The fourth-order valence-electron chi connectivity index (χ4n) is 5.51. The highest BCUT2D eigenvalue weighted by Crippen LogP contribution is 2.27. The summed E-state index contributed by atoms with van der Waals surface area (Å²) < 4.78 is 32.6. The number of hydrogen-bond acceptors (Lipinski definition) is 5. The number of carbonyl (C=O) groups is 2. The second kappa shape index (κ2) is 14.8. The number of anilines is 1. The van der Waals surface area contributed by atoms with Gasteiger partial charge in [-0.25, -0.2) is 8.42 Å². The molecule has 2 amide bonds. The van der Waals surface area contributed by atoms with Gasteiger partial charge in [-0.05, 0) is 60.7 Å². The van der Waals surface area contributed by atoms with Crippen molar-refractivity contribution in [3.63, 3.8) is 0 Å². The lowest BCUT2D eigenvalue weighted by atomic mass is 9.94. The first-order chi connectivity index (χ1) is 20.5. The fraction of sp³-hybridized carbons (Fsp3) is 0.394. The molecule has 0 heterocycles. The highest BCUT2D eigenvalue weighted by molar-refractivity contribution is 7.92. The van der Waals surface area contributed by atoms with Crippen LogP contribution in [0.3, 0.4) is 0 Å². The van der Waals surface area contributed by atoms with Crippen molar-refractivity contribution in [3.05, 3.63) is 94.5 Å². The van der Waals surface area contributed by atoms with Gasteiger partial charge in [0, 0.05) is 24.0 Å². The number of amides is 2. The topological polar surface area (TPSA) is 96.0 Å². The third-order valence-electron chi connectivity index (χ3n) is 7.83. The van der Waals surface area contributed by atoms with Crippen LogP contribution >= 0.6 is 11.6 Å². The number of carbonyl (C=O) groups excluding carboxylic acids is 2. The molecular formula is C33H40ClN3O5S. The van der Waals surface area contributed by atoms with Crippen LogP contribution in [0.4, 0.5) is 5.69 Å². The van der Waals surface area contributed by atoms with Gasteiger partial charge >= 0.3 is 0 Å². The first kappa shape index (κ1) is 32.4. The van der Waals surface area contributed by atoms with Gasteiger partial charge in [-0.3, -0.25) is 13.9 Å². The molecular weight excluding hydrogens is 586 g/mol. The van der Waals surface area contributed by atoms with Crippen molar-refractivity contribution < 1.29 is 22.7 Å². The average molecular weight is 626 g/mol. The van der Waals surface area contributed by atoms with Gasteiger partial charge in [0.1, 0.15) is 18.3 Å². The van der Waals surface area contributed by atoms with Crippen LogP contribution in [0.15, 0.2) is 72.8 Å². The predicted octanol–water partition coefficient (Wildman–Crippen LogP) is 5.51. The molecule has 43 heavy (non-hydrogen) atoms. The predicted molar refractivity (Wildman–Crippen MR) is 171 cm³/mol. The molecule has 3 aromatic rings. The molecule has 0 bridgehead atoms. The minimum absolute atomic E-state index is 0.0370. The molecule has 0 saturated heterocycles. The zero-order valence-corrected chi connectivity index (χ0v) is 26.5. The smallest absolute Gasteiger partial charge is 0.244 e. The molecule has 1 aliphatic rings. The molecule has 8 nitrogen and oxygen atoms in total. The number of nitrogens with zero attached hydrogens (tertiary/aromatic N) is 2. The molecule has 4 rings (SSSR count). The number of halogens is 1. The lowest BCUT2D eigenvalue weighted by molar-refractivity contribution is -0.140. The molecule has 0 radical (unpaired) electrons. The maximum absolute atomic E-state index is 14.3. The Bertz CT molecular complexity index is 1510. The van der Waals surface area contributed by atoms with E-state index in [4.69, 9.17) is 16.3 Å². The summed E-state index contributed by atoms with van der Waals surface area (Å²) in [6, 6.07) is 20.9. The van der Waals surface area contributed by atoms with Gasteiger partial charge < -0.3 is 15.0 Å². The Morgan fingerprint density at radius 3 is 2.35 bits per heavy atom. The van der Waals surface area contributed by atoms with Gasteiger partial charge in [-0.15, -0.1) is 0 Å². The Morgan fingerprint density at radius 2 is 1.67 bits per heavy atom. The van der Waals surface area contributed by atoms with E-state index >= 15 is 0 Å². The van der Waals surface area contributed by atoms with Gasteiger partial charge in [0.25, 0.3) is 0 Å². The largest absolute Gasteiger partial charge is 0.497 e. The standard InChI is InChI=1S/C33H40ClN3O5S/c1-24-17-18-27(34)21-30(24)37(43(3,40)41)23-32(38)36(22-26-13-10-16-29(19-26)42-2)31(20-25-11-6-4-7-12-25)33(39)35-28-14-8-5-9-15-28/h4,6-7,10-13,16-19,21,28,31H,5,8-9,14-15,20,22-23H2,1-3H3,(H,35,39)/t31-/m1/s1. The van der Waals surface area contributed by atoms with Gasteiger partial charge in [-0.2, -0.15) is 0 Å². The third-order valence-corrected chi connectivity index (χ3v) is 9.19. The molecule has 1 saturated carbocycles. The molecule has 230 valence electrons. The minimum Gasteiger partial charge on any atom is -0.497 e. The lowest BCUT2D eigenvalue weighted by Gasteiger charge is -2.35. The van der Waals surface area contributed by atoms with E-state index in [1.165, 1.54) is 11.0 Å². The summed E-state index contributed by atoms with van der Waals surface area (Å²) in [5.74, 6) is -0.146. The van der Waals surface area contributed by atoms with E-state index in [9.17, 15) is 18.0 Å². The highest BCUT2D eigenvalue weighted by atomic mass is 35.5. The first-order valence-electron chi connectivity index (χ1n) is 14.6. The van der Waals surface area contributed by atoms with E-state index in [0.29, 0.717) is 22.0 Å². The van der Waals surface area contributed by atoms with E-state index in [2.05, 4.69) is 5.32 Å². The maximum Gasteiger partial charge on any atom is 0.244 e. The van der Waals surface area contributed by atoms with Crippen molar-refractivity contribution in [1.29, 1.82) is 0 Å². The first-order valence-corrected chi connectivity index (χ1v) is 16.8. The zero-order chi connectivity index (χ0) is 31.0. The summed E-state index contributed by atoms with van der Waals surface area (Å²) in [6.07, 6.45) is 6.35. The normalized spacial score (nSPS) is 14.5. The summed E-state index contributed by atoms with van der Waals surface area (Å²) in [4.78, 5) is 29.9. The minimum atomic E-state index is -3.89. The van der Waals surface area contributed by atoms with Gasteiger partial charge in [-0.1, -0.05) is 79.4 Å². The van der Waals surface area contributed by atoms with Gasteiger partial charge in [0.2, 0.25) is 21.8 Å². The second-order valence-corrected chi connectivity index (χ2v) is 13.5. The van der Waals surface area contributed by atoms with Crippen LogP contribution in [0, 0.1) is 6.92 Å². The Kier molecular flexibility index (Phi) is 11.1. The van der Waals surface area contributed by atoms with E-state index < -0.39 is 28.5 Å². The Labute approximate surface area is 260 Å². The number of aryl methyl sites for hydroxylation is 1. The van der Waals surface area contributed by atoms with Crippen molar-refractivity contribution in [2.24, 2.45) is 0 Å². The van der Waals surface area contributed by atoms with Gasteiger partial charge in [0.15, 0.2) is 0 Å². The van der Waals surface area contributed by atoms with Crippen molar-refractivity contribution >= 4 is 39.1 Å². The zero-order valence-electron chi connectivity index (χ0n) is 25.0. The Morgan fingerprint density at radius 1 is 0.977 bits per heavy atom. The summed E-state index contributed by atoms with van der Waals surface area (Å²) in [5, 5.41) is 3.56. The quantitative estimate of drug-likeness (QED) is 0.286. The van der Waals surface area contributed by atoms with Crippen molar-refractivity contribution in [2.45, 2.75) is 64.1 Å². The van der Waals surface area contributed by atoms with Crippen LogP contribution in [0.25, 0.3) is 0 Å². The van der Waals surface area contributed by atoms with Gasteiger partial charge in [0.05, 0.1) is 19.1 Å². The van der Waals surface area contributed by atoms with Crippen LogP contribution < -0.4 is 14.4 Å². The molecule has 1 fully saturated rings. The molecule has 1 N–H and O–H groups in total. The summed E-state index contributed by atoms with van der Waals surface area (Å²) in [7, 11) is -2.33. The number of benzene rings is 3. The molecule has 0 aliphatic heterocycles. The number of methoxy groups -OCH3 is 1. The Balaban J connectivity index is 1.75. The summed E-state index contributed by atoms with van der Waals surface area (Å²) >= 11 is 6.24. The summed E-state index contributed by atoms with van der Waals surface area (Å²) in [5.41, 5.74) is 2.61. The van der Waals surface area contributed by atoms with Crippen LogP contribution in [0.5, 0.6) is 5.75 Å². The molecule has 10 heteroatoms. The lowest BCUT2D eigenvalue weighted by Crippen LogP contribution is -2.55. The molecule has 3 aromatic carbocycles. The SMILES string of the molecule is COc1cccc(CN(C(=O)CN(c2cc(Cl)ccc2C)S(C)(=O)=O)[C@H](Cc2ccccc2)C(=O)NC2CCCCC2)c1. The van der Waals surface area contributed by atoms with Crippen molar-refractivity contribution in [1.82, 2.24) is 10.2 Å². The Hall–Kier alpha value is -3.56. The van der Waals surface area contributed by atoms with Crippen LogP contribution in [0.2, 0.25) is 5.02 Å². The number of nitrogens with one attached hydrogen (secondary N) is 1. The van der Waals surface area contributed by atoms with Crippen molar-refractivity contribution in [2.75, 3.05) is 24.2 Å². The number of rotatable bonds is 12. The van der Waals surface area contributed by atoms with Crippen LogP contribution in [-0.2, 0) is 32.6 Å². The number of hydrogen-bond donors (Lipinski definition) is 1. The fourth-order valence-corrected chi connectivity index (χ4v) is 6.58. The third kappa shape index (κ3) is 8.97. The average Bonchev–Trinajstić information content (AvgIpc) is 2.99. The molecule has 0 unspecified atom stereocenters. The van der Waals surface area contributed by atoms with E-state index in [-0.39, 0.29) is 24.9 Å². The maximum atomic E-state index is 14.3. The number of ether oxygens (including phenoxy) is 1. The molecule has 1 atom stereocenters.